The summed E-state index contributed by atoms with van der Waals surface area (Å²) in [5, 5.41) is 0.445. The van der Waals surface area contributed by atoms with Crippen molar-refractivity contribution in [3.8, 4) is 5.75 Å². The Labute approximate surface area is 131 Å². The molecule has 0 radical (unpaired) electrons. The third kappa shape index (κ3) is 4.18. The first-order valence-corrected chi connectivity index (χ1v) is 7.37. The molecule has 0 saturated carbocycles. The number of aromatic nitrogens is 2. The lowest BCUT2D eigenvalue weighted by atomic mass is 9.86. The van der Waals surface area contributed by atoms with Crippen LogP contribution in [0.5, 0.6) is 5.75 Å². The van der Waals surface area contributed by atoms with Gasteiger partial charge in [0.2, 0.25) is 0 Å². The Hall–Kier alpha value is -1.61. The van der Waals surface area contributed by atoms with Crippen LogP contribution in [0.25, 0.3) is 0 Å². The third-order valence-electron chi connectivity index (χ3n) is 3.27. The van der Waals surface area contributed by atoms with Gasteiger partial charge >= 0.3 is 0 Å². The zero-order chi connectivity index (χ0) is 15.6. The van der Waals surface area contributed by atoms with Crippen molar-refractivity contribution >= 4 is 11.6 Å². The molecular weight excluding hydrogens is 284 g/mol. The second-order valence-electron chi connectivity index (χ2n) is 6.27. The van der Waals surface area contributed by atoms with Gasteiger partial charge in [0.25, 0.3) is 0 Å². The van der Waals surface area contributed by atoms with E-state index in [1.54, 1.807) is 6.07 Å². The van der Waals surface area contributed by atoms with Crippen molar-refractivity contribution in [1.82, 2.24) is 9.97 Å². The summed E-state index contributed by atoms with van der Waals surface area (Å²) in [5.74, 6) is 1.45. The van der Waals surface area contributed by atoms with Crippen LogP contribution in [0, 0.1) is 13.8 Å². The van der Waals surface area contributed by atoms with Crippen molar-refractivity contribution < 1.29 is 4.74 Å². The predicted molar refractivity (Wildman–Crippen MR) is 86.0 cm³/mol. The largest absolute Gasteiger partial charge is 0.485 e. The molecule has 0 aliphatic carbocycles. The molecule has 0 aliphatic heterocycles. The van der Waals surface area contributed by atoms with Crippen LogP contribution in [0.4, 0.5) is 0 Å². The van der Waals surface area contributed by atoms with Gasteiger partial charge in [-0.25, -0.2) is 9.97 Å². The third-order valence-corrected chi connectivity index (χ3v) is 3.46. The van der Waals surface area contributed by atoms with Gasteiger partial charge in [0, 0.05) is 5.69 Å². The average Bonchev–Trinajstić information content (AvgIpc) is 2.35. The van der Waals surface area contributed by atoms with E-state index in [4.69, 9.17) is 16.3 Å². The number of halogens is 1. The highest BCUT2D eigenvalue weighted by Crippen LogP contribution is 2.27. The Morgan fingerprint density at radius 1 is 1.10 bits per heavy atom. The van der Waals surface area contributed by atoms with E-state index in [1.807, 2.05) is 13.0 Å². The van der Waals surface area contributed by atoms with Crippen molar-refractivity contribution in [1.29, 1.82) is 0 Å². The Kier molecular flexibility index (Phi) is 4.52. The van der Waals surface area contributed by atoms with Crippen LogP contribution in [0.15, 0.2) is 24.3 Å². The fraction of sp³-hybridized carbons (Fsp3) is 0.412. The summed E-state index contributed by atoms with van der Waals surface area (Å²) >= 11 is 5.93. The quantitative estimate of drug-likeness (QED) is 0.776. The highest BCUT2D eigenvalue weighted by Gasteiger charge is 2.15. The van der Waals surface area contributed by atoms with Gasteiger partial charge in [-0.1, -0.05) is 44.5 Å². The summed E-state index contributed by atoms with van der Waals surface area (Å²) in [7, 11) is 0. The Morgan fingerprint density at radius 2 is 1.81 bits per heavy atom. The number of aryl methyl sites for hydroxylation is 2. The van der Waals surface area contributed by atoms with E-state index in [-0.39, 0.29) is 5.41 Å². The van der Waals surface area contributed by atoms with Crippen molar-refractivity contribution in [3.63, 3.8) is 0 Å². The minimum absolute atomic E-state index is 0.135. The van der Waals surface area contributed by atoms with E-state index in [2.05, 4.69) is 49.8 Å². The van der Waals surface area contributed by atoms with Crippen LogP contribution < -0.4 is 4.74 Å². The van der Waals surface area contributed by atoms with Gasteiger partial charge in [0.05, 0.1) is 0 Å². The van der Waals surface area contributed by atoms with E-state index < -0.39 is 0 Å². The zero-order valence-corrected chi connectivity index (χ0v) is 14.0. The van der Waals surface area contributed by atoms with E-state index in [0.29, 0.717) is 17.6 Å². The minimum Gasteiger partial charge on any atom is -0.485 e. The first kappa shape index (κ1) is 15.8. The summed E-state index contributed by atoms with van der Waals surface area (Å²) in [5.41, 5.74) is 3.38. The topological polar surface area (TPSA) is 35.0 Å². The molecule has 1 aromatic carbocycles. The number of nitrogens with zero attached hydrogens (tertiary/aromatic N) is 2. The Bertz CT molecular complexity index is 627. The van der Waals surface area contributed by atoms with Crippen LogP contribution in [-0.2, 0) is 12.0 Å². The smallest absolute Gasteiger partial charge is 0.167 e. The highest BCUT2D eigenvalue weighted by atomic mass is 35.5. The van der Waals surface area contributed by atoms with E-state index >= 15 is 0 Å². The van der Waals surface area contributed by atoms with E-state index in [1.165, 1.54) is 5.56 Å². The molecule has 0 fully saturated rings. The van der Waals surface area contributed by atoms with Crippen molar-refractivity contribution in [2.45, 2.75) is 46.6 Å². The molecule has 0 atom stereocenters. The molecule has 0 amide bonds. The maximum Gasteiger partial charge on any atom is 0.167 e. The van der Waals surface area contributed by atoms with Gasteiger partial charge in [-0.15, -0.1) is 0 Å². The predicted octanol–water partition coefficient (Wildman–Crippen LogP) is 4.62. The molecule has 21 heavy (non-hydrogen) atoms. The molecule has 1 heterocycles. The fourth-order valence-corrected chi connectivity index (χ4v) is 2.33. The number of benzene rings is 1. The first-order valence-electron chi connectivity index (χ1n) is 7.00. The lowest BCUT2D eigenvalue weighted by Crippen LogP contribution is -2.11. The van der Waals surface area contributed by atoms with Crippen molar-refractivity contribution in [2.75, 3.05) is 0 Å². The van der Waals surface area contributed by atoms with Gasteiger partial charge in [0.15, 0.2) is 5.82 Å². The van der Waals surface area contributed by atoms with Crippen LogP contribution in [0.3, 0.4) is 0 Å². The second-order valence-corrected chi connectivity index (χ2v) is 6.65. The van der Waals surface area contributed by atoms with E-state index in [9.17, 15) is 0 Å². The summed E-state index contributed by atoms with van der Waals surface area (Å²) < 4.78 is 5.82. The molecule has 0 bridgehead atoms. The number of ether oxygens (including phenoxy) is 1. The minimum atomic E-state index is 0.135. The summed E-state index contributed by atoms with van der Waals surface area (Å²) in [6.07, 6.45) is 0. The molecule has 0 spiro atoms. The second kappa shape index (κ2) is 6.02. The molecule has 0 aliphatic rings. The van der Waals surface area contributed by atoms with Gasteiger partial charge in [0.1, 0.15) is 17.5 Å². The molecule has 3 nitrogen and oxygen atoms in total. The summed E-state index contributed by atoms with van der Waals surface area (Å²) in [6.45, 7) is 10.9. The molecule has 4 heteroatoms. The Balaban J connectivity index is 2.13. The lowest BCUT2D eigenvalue weighted by molar-refractivity contribution is 0.293. The molecular formula is C17H21ClN2O. The number of hydrogen-bond acceptors (Lipinski definition) is 3. The van der Waals surface area contributed by atoms with Crippen LogP contribution >= 0.6 is 11.6 Å². The maximum atomic E-state index is 5.93. The van der Waals surface area contributed by atoms with Crippen LogP contribution in [-0.4, -0.2) is 9.97 Å². The monoisotopic (exact) mass is 304 g/mol. The fourth-order valence-electron chi connectivity index (χ4n) is 2.07. The van der Waals surface area contributed by atoms with Gasteiger partial charge in [-0.05, 0) is 42.5 Å². The molecule has 2 rings (SSSR count). The molecule has 0 saturated heterocycles. The maximum absolute atomic E-state index is 5.93. The molecule has 112 valence electrons. The highest BCUT2D eigenvalue weighted by molar-refractivity contribution is 6.29. The SMILES string of the molecule is Cc1cc(Cl)nc(COc2ccc(C(C)(C)C)cc2C)n1. The van der Waals surface area contributed by atoms with Crippen molar-refractivity contribution in [2.24, 2.45) is 0 Å². The number of rotatable bonds is 3. The summed E-state index contributed by atoms with van der Waals surface area (Å²) in [6, 6.07) is 8.01. The molecule has 0 unspecified atom stereocenters. The first-order chi connectivity index (χ1) is 9.75. The molecule has 0 N–H and O–H groups in total. The average molecular weight is 305 g/mol. The standard InChI is InChI=1S/C17H21ClN2O/c1-11-8-13(17(3,4)5)6-7-14(11)21-10-16-19-12(2)9-15(18)20-16/h6-9H,10H2,1-5H3. The van der Waals surface area contributed by atoms with Gasteiger partial charge < -0.3 is 4.74 Å². The van der Waals surface area contributed by atoms with Crippen LogP contribution in [0.1, 0.15) is 43.4 Å². The van der Waals surface area contributed by atoms with E-state index in [0.717, 1.165) is 17.0 Å². The molecule has 2 aromatic rings. The molecule has 1 aromatic heterocycles. The number of hydrogen-bond donors (Lipinski definition) is 0. The zero-order valence-electron chi connectivity index (χ0n) is 13.2. The summed E-state index contributed by atoms with van der Waals surface area (Å²) in [4.78, 5) is 8.48. The lowest BCUT2D eigenvalue weighted by Gasteiger charge is -2.20. The van der Waals surface area contributed by atoms with Gasteiger partial charge in [-0.2, -0.15) is 0 Å². The normalized spacial score (nSPS) is 11.5. The Morgan fingerprint density at radius 3 is 2.38 bits per heavy atom. The van der Waals surface area contributed by atoms with Crippen LogP contribution in [0.2, 0.25) is 5.15 Å². The van der Waals surface area contributed by atoms with Crippen molar-refractivity contribution in [3.05, 3.63) is 52.1 Å². The van der Waals surface area contributed by atoms with Gasteiger partial charge in [-0.3, -0.25) is 0 Å².